The zero-order valence-corrected chi connectivity index (χ0v) is 12.8. The molecular weight excluding hydrogens is 252 g/mol. The third kappa shape index (κ3) is 4.32. The minimum absolute atomic E-state index is 0.0753. The van der Waals surface area contributed by atoms with Gasteiger partial charge in [0.1, 0.15) is 25.3 Å². The summed E-state index contributed by atoms with van der Waals surface area (Å²) in [4.78, 5) is 13.4. The van der Waals surface area contributed by atoms with E-state index in [1.54, 1.807) is 0 Å². The molecule has 0 saturated carbocycles. The maximum absolute atomic E-state index is 12.1. The lowest BCUT2D eigenvalue weighted by Gasteiger charge is -2.31. The van der Waals surface area contributed by atoms with Crippen LogP contribution in [0.4, 0.5) is 5.69 Å². The van der Waals surface area contributed by atoms with E-state index in [-0.39, 0.29) is 18.1 Å². The molecule has 2 N–H and O–H groups in total. The lowest BCUT2D eigenvalue weighted by Crippen LogP contribution is -3.16. The summed E-state index contributed by atoms with van der Waals surface area (Å²) in [6, 6.07) is 6.11. The Morgan fingerprint density at radius 2 is 1.75 bits per heavy atom. The van der Waals surface area contributed by atoms with E-state index in [9.17, 15) is 4.79 Å². The Kier molecular flexibility index (Phi) is 4.78. The van der Waals surface area contributed by atoms with E-state index in [2.05, 4.69) is 25.2 Å². The van der Waals surface area contributed by atoms with Gasteiger partial charge in [0, 0.05) is 5.69 Å². The summed E-state index contributed by atoms with van der Waals surface area (Å²) in [5.41, 5.74) is 3.23. The molecule has 0 spiro atoms. The Balaban J connectivity index is 1.92. The number of nitrogens with one attached hydrogen (secondary N) is 2. The number of morpholine rings is 1. The van der Waals surface area contributed by atoms with Gasteiger partial charge in [0.25, 0.3) is 5.91 Å². The van der Waals surface area contributed by atoms with Crippen LogP contribution in [0.25, 0.3) is 0 Å². The molecular formula is C16H25N2O2+. The first-order valence-electron chi connectivity index (χ1n) is 7.29. The maximum Gasteiger partial charge on any atom is 0.279 e. The van der Waals surface area contributed by atoms with Crippen molar-refractivity contribution in [1.29, 1.82) is 0 Å². The molecule has 0 bridgehead atoms. The summed E-state index contributed by atoms with van der Waals surface area (Å²) in [6.07, 6.45) is 0.450. The second kappa shape index (κ2) is 6.37. The first-order valence-corrected chi connectivity index (χ1v) is 7.29. The van der Waals surface area contributed by atoms with Crippen LogP contribution in [0.3, 0.4) is 0 Å². The number of hydrogen-bond donors (Lipinski definition) is 2. The van der Waals surface area contributed by atoms with Gasteiger partial charge in [-0.25, -0.2) is 0 Å². The molecule has 1 aromatic carbocycles. The normalized spacial score (nSPS) is 26.3. The summed E-state index contributed by atoms with van der Waals surface area (Å²) in [5.74, 6) is 0.0753. The van der Waals surface area contributed by atoms with Gasteiger partial charge in [-0.3, -0.25) is 4.79 Å². The second-order valence-corrected chi connectivity index (χ2v) is 6.02. The molecule has 1 fully saturated rings. The van der Waals surface area contributed by atoms with Crippen molar-refractivity contribution in [3.8, 4) is 0 Å². The highest BCUT2D eigenvalue weighted by molar-refractivity contribution is 5.91. The second-order valence-electron chi connectivity index (χ2n) is 6.02. The van der Waals surface area contributed by atoms with Crippen molar-refractivity contribution in [2.75, 3.05) is 25.0 Å². The Bertz CT molecular complexity index is 457. The van der Waals surface area contributed by atoms with Gasteiger partial charge < -0.3 is 15.0 Å². The number of benzene rings is 1. The van der Waals surface area contributed by atoms with Crippen molar-refractivity contribution in [1.82, 2.24) is 0 Å². The Labute approximate surface area is 121 Å². The minimum Gasteiger partial charge on any atom is -0.364 e. The van der Waals surface area contributed by atoms with Gasteiger partial charge in [0.15, 0.2) is 6.54 Å². The van der Waals surface area contributed by atoms with Crippen LogP contribution in [0.15, 0.2) is 18.2 Å². The van der Waals surface area contributed by atoms with Crippen molar-refractivity contribution >= 4 is 11.6 Å². The van der Waals surface area contributed by atoms with Gasteiger partial charge in [0.05, 0.1) is 0 Å². The zero-order valence-electron chi connectivity index (χ0n) is 12.8. The van der Waals surface area contributed by atoms with E-state index in [4.69, 9.17) is 4.74 Å². The van der Waals surface area contributed by atoms with Crippen LogP contribution < -0.4 is 10.2 Å². The fraction of sp³-hybridized carbons (Fsp3) is 0.562. The first kappa shape index (κ1) is 15.0. The molecule has 0 aliphatic carbocycles. The standard InChI is InChI=1S/C16H24N2O2/c1-11-5-12(2)7-15(6-11)17-16(19)10-18-8-13(3)20-14(4)9-18/h5-7,13-14H,8-10H2,1-4H3,(H,17,19)/p+1/t13-,14-/m0/s1. The summed E-state index contributed by atoms with van der Waals surface area (Å²) in [5, 5.41) is 3.00. The molecule has 0 unspecified atom stereocenters. The number of ether oxygens (including phenoxy) is 1. The van der Waals surface area contributed by atoms with E-state index in [1.807, 2.05) is 26.0 Å². The number of amides is 1. The van der Waals surface area contributed by atoms with Crippen molar-refractivity contribution < 1.29 is 14.4 Å². The maximum atomic E-state index is 12.1. The third-order valence-corrected chi connectivity index (χ3v) is 3.53. The van der Waals surface area contributed by atoms with Gasteiger partial charge >= 0.3 is 0 Å². The molecule has 2 rings (SSSR count). The zero-order chi connectivity index (χ0) is 14.7. The lowest BCUT2D eigenvalue weighted by atomic mass is 10.1. The van der Waals surface area contributed by atoms with Crippen LogP contribution in [-0.2, 0) is 9.53 Å². The largest absolute Gasteiger partial charge is 0.364 e. The average molecular weight is 277 g/mol. The molecule has 0 aromatic heterocycles. The molecule has 2 atom stereocenters. The quantitative estimate of drug-likeness (QED) is 0.863. The van der Waals surface area contributed by atoms with E-state index in [0.29, 0.717) is 6.54 Å². The molecule has 1 aliphatic heterocycles. The smallest absolute Gasteiger partial charge is 0.279 e. The Morgan fingerprint density at radius 3 is 2.30 bits per heavy atom. The van der Waals surface area contributed by atoms with E-state index in [0.717, 1.165) is 18.8 Å². The lowest BCUT2D eigenvalue weighted by molar-refractivity contribution is -0.907. The van der Waals surface area contributed by atoms with Gasteiger partial charge in [-0.1, -0.05) is 6.07 Å². The van der Waals surface area contributed by atoms with Crippen LogP contribution >= 0.6 is 0 Å². The molecule has 4 heteroatoms. The van der Waals surface area contributed by atoms with Crippen molar-refractivity contribution in [3.05, 3.63) is 29.3 Å². The fourth-order valence-corrected chi connectivity index (χ4v) is 3.01. The van der Waals surface area contributed by atoms with Gasteiger partial charge in [0.2, 0.25) is 0 Å². The summed E-state index contributed by atoms with van der Waals surface area (Å²) in [7, 11) is 0. The SMILES string of the molecule is Cc1cc(C)cc(NC(=O)C[NH+]2C[C@H](C)O[C@@H](C)C2)c1. The minimum atomic E-state index is 0.0753. The highest BCUT2D eigenvalue weighted by Gasteiger charge is 2.27. The summed E-state index contributed by atoms with van der Waals surface area (Å²) in [6.45, 7) is 10.5. The van der Waals surface area contributed by atoms with Crippen LogP contribution in [0.2, 0.25) is 0 Å². The molecule has 1 aliphatic rings. The molecule has 20 heavy (non-hydrogen) atoms. The van der Waals surface area contributed by atoms with Gasteiger partial charge in [-0.05, 0) is 51.0 Å². The first-order chi connectivity index (χ1) is 9.42. The number of quaternary nitrogens is 1. The summed E-state index contributed by atoms with van der Waals surface area (Å²) >= 11 is 0. The number of anilines is 1. The molecule has 0 radical (unpaired) electrons. The molecule has 110 valence electrons. The summed E-state index contributed by atoms with van der Waals surface area (Å²) < 4.78 is 5.70. The Hall–Kier alpha value is -1.39. The van der Waals surface area contributed by atoms with Crippen LogP contribution in [-0.4, -0.2) is 37.7 Å². The monoisotopic (exact) mass is 277 g/mol. The highest BCUT2D eigenvalue weighted by Crippen LogP contribution is 2.13. The molecule has 4 nitrogen and oxygen atoms in total. The van der Waals surface area contributed by atoms with Crippen molar-refractivity contribution in [2.24, 2.45) is 0 Å². The average Bonchev–Trinajstić information content (AvgIpc) is 2.24. The van der Waals surface area contributed by atoms with Gasteiger partial charge in [-0.2, -0.15) is 0 Å². The highest BCUT2D eigenvalue weighted by atomic mass is 16.5. The van der Waals surface area contributed by atoms with E-state index in [1.165, 1.54) is 16.0 Å². The predicted octanol–water partition coefficient (Wildman–Crippen LogP) is 0.934. The van der Waals surface area contributed by atoms with Gasteiger partial charge in [-0.15, -0.1) is 0 Å². The number of hydrogen-bond acceptors (Lipinski definition) is 2. The predicted molar refractivity (Wildman–Crippen MR) is 80.1 cm³/mol. The molecule has 1 saturated heterocycles. The number of rotatable bonds is 3. The topological polar surface area (TPSA) is 42.8 Å². The van der Waals surface area contributed by atoms with Crippen LogP contribution in [0.5, 0.6) is 0 Å². The third-order valence-electron chi connectivity index (χ3n) is 3.53. The molecule has 1 heterocycles. The van der Waals surface area contributed by atoms with Crippen molar-refractivity contribution in [2.45, 2.75) is 39.9 Å². The van der Waals surface area contributed by atoms with E-state index >= 15 is 0 Å². The number of carbonyl (C=O) groups is 1. The Morgan fingerprint density at radius 1 is 1.20 bits per heavy atom. The van der Waals surface area contributed by atoms with Crippen LogP contribution in [0.1, 0.15) is 25.0 Å². The fourth-order valence-electron chi connectivity index (χ4n) is 3.01. The van der Waals surface area contributed by atoms with E-state index < -0.39 is 0 Å². The molecule has 1 aromatic rings. The number of aryl methyl sites for hydroxylation is 2. The molecule has 1 amide bonds. The van der Waals surface area contributed by atoms with Crippen molar-refractivity contribution in [3.63, 3.8) is 0 Å². The number of carbonyl (C=O) groups excluding carboxylic acids is 1. The van der Waals surface area contributed by atoms with Crippen LogP contribution in [0, 0.1) is 13.8 Å².